The lowest BCUT2D eigenvalue weighted by molar-refractivity contribution is -0.122. The van der Waals surface area contributed by atoms with Crippen molar-refractivity contribution in [3.05, 3.63) is 64.4 Å². The van der Waals surface area contributed by atoms with E-state index in [-0.39, 0.29) is 22.5 Å². The van der Waals surface area contributed by atoms with Gasteiger partial charge >= 0.3 is 0 Å². The molecule has 3 N–H and O–H groups in total. The summed E-state index contributed by atoms with van der Waals surface area (Å²) < 4.78 is 19.2. The number of halogens is 2. The molecule has 0 aromatic heterocycles. The van der Waals surface area contributed by atoms with Gasteiger partial charge in [0.2, 0.25) is 0 Å². The molecule has 2 aromatic rings. The zero-order valence-electron chi connectivity index (χ0n) is 14.7. The number of hydrazine groups is 1. The predicted octanol–water partition coefficient (Wildman–Crippen LogP) is 2.94. The highest BCUT2D eigenvalue weighted by Gasteiger charge is 2.30. The smallest absolute Gasteiger partial charge is 0.258 e. The molecule has 1 aliphatic heterocycles. The van der Waals surface area contributed by atoms with Crippen LogP contribution < -0.4 is 21.0 Å². The normalized spacial score (nSPS) is 19.4. The minimum Gasteiger partial charge on any atom is -0.494 e. The van der Waals surface area contributed by atoms with E-state index in [4.69, 9.17) is 16.3 Å². The molecule has 6 nitrogen and oxygen atoms in total. The predicted molar refractivity (Wildman–Crippen MR) is 102 cm³/mol. The Hall–Kier alpha value is -2.48. The summed E-state index contributed by atoms with van der Waals surface area (Å²) in [5, 5.41) is 4.03. The Kier molecular flexibility index (Phi) is 6.39. The highest BCUT2D eigenvalue weighted by Crippen LogP contribution is 2.25. The van der Waals surface area contributed by atoms with Gasteiger partial charge in [0.05, 0.1) is 17.8 Å². The number of benzene rings is 2. The summed E-state index contributed by atoms with van der Waals surface area (Å²) in [7, 11) is 0. The number of hydrogen-bond acceptors (Lipinski definition) is 5. The number of amides is 1. The van der Waals surface area contributed by atoms with Crippen LogP contribution in [0, 0.1) is 5.82 Å². The first-order valence-electron chi connectivity index (χ1n) is 8.59. The molecule has 1 fully saturated rings. The molecule has 3 rings (SSSR count). The van der Waals surface area contributed by atoms with Crippen molar-refractivity contribution in [3.8, 4) is 5.75 Å². The third-order valence-corrected chi connectivity index (χ3v) is 4.49. The average molecular weight is 391 g/mol. The Balaban J connectivity index is 1.58. The van der Waals surface area contributed by atoms with Gasteiger partial charge in [-0.2, -0.15) is 5.10 Å². The molecule has 0 radical (unpaired) electrons. The van der Waals surface area contributed by atoms with Crippen molar-refractivity contribution < 1.29 is 13.9 Å². The van der Waals surface area contributed by atoms with E-state index in [1.54, 1.807) is 6.07 Å². The van der Waals surface area contributed by atoms with Crippen LogP contribution in [-0.2, 0) is 4.79 Å². The fraction of sp³-hybridized carbons (Fsp3) is 0.263. The molecule has 2 aromatic carbocycles. The fourth-order valence-corrected chi connectivity index (χ4v) is 3.02. The van der Waals surface area contributed by atoms with E-state index in [0.29, 0.717) is 13.0 Å². The first-order chi connectivity index (χ1) is 13.1. The van der Waals surface area contributed by atoms with Gasteiger partial charge in [0, 0.05) is 11.6 Å². The highest BCUT2D eigenvalue weighted by atomic mass is 35.5. The number of hydrogen-bond donors (Lipinski definition) is 3. The minimum absolute atomic E-state index is 0.0360. The Bertz CT molecular complexity index is 826. The summed E-state index contributed by atoms with van der Waals surface area (Å²) in [5.74, 6) is -0.0406. The van der Waals surface area contributed by atoms with E-state index >= 15 is 0 Å². The first kappa shape index (κ1) is 19.3. The Morgan fingerprint density at radius 3 is 2.96 bits per heavy atom. The van der Waals surface area contributed by atoms with Crippen LogP contribution in [-0.4, -0.2) is 24.8 Å². The quantitative estimate of drug-likeness (QED) is 0.523. The van der Waals surface area contributed by atoms with Crippen LogP contribution in [0.2, 0.25) is 5.02 Å². The number of nitrogens with one attached hydrogen (secondary N) is 3. The van der Waals surface area contributed by atoms with E-state index < -0.39 is 11.9 Å². The van der Waals surface area contributed by atoms with Gasteiger partial charge in [-0.15, -0.1) is 0 Å². The van der Waals surface area contributed by atoms with Crippen molar-refractivity contribution in [1.29, 1.82) is 0 Å². The lowest BCUT2D eigenvalue weighted by Crippen LogP contribution is -2.41. The third kappa shape index (κ3) is 4.82. The maximum Gasteiger partial charge on any atom is 0.258 e. The van der Waals surface area contributed by atoms with Crippen LogP contribution in [0.15, 0.2) is 47.6 Å². The van der Waals surface area contributed by atoms with Gasteiger partial charge in [0.25, 0.3) is 5.91 Å². The summed E-state index contributed by atoms with van der Waals surface area (Å²) in [6.45, 7) is 2.52. The molecule has 27 heavy (non-hydrogen) atoms. The van der Waals surface area contributed by atoms with Crippen LogP contribution in [0.25, 0.3) is 0 Å². The largest absolute Gasteiger partial charge is 0.494 e. The van der Waals surface area contributed by atoms with Gasteiger partial charge in [-0.1, -0.05) is 29.8 Å². The Morgan fingerprint density at radius 2 is 2.19 bits per heavy atom. The van der Waals surface area contributed by atoms with Gasteiger partial charge in [-0.25, -0.2) is 20.7 Å². The molecular weight excluding hydrogens is 371 g/mol. The second kappa shape index (κ2) is 8.94. The molecule has 0 spiro atoms. The van der Waals surface area contributed by atoms with Crippen molar-refractivity contribution in [2.45, 2.75) is 25.4 Å². The molecular formula is C19H20ClFN4O2. The van der Waals surface area contributed by atoms with Gasteiger partial charge in [-0.3, -0.25) is 4.79 Å². The summed E-state index contributed by atoms with van der Waals surface area (Å²) in [5.41, 5.74) is 9.61. The Labute approximate surface area is 161 Å². The van der Waals surface area contributed by atoms with Crippen LogP contribution in [0.4, 0.5) is 4.39 Å². The van der Waals surface area contributed by atoms with Gasteiger partial charge in [0.15, 0.2) is 0 Å². The number of hydrazone groups is 1. The van der Waals surface area contributed by atoms with E-state index in [0.717, 1.165) is 11.3 Å². The molecule has 2 atom stereocenters. The van der Waals surface area contributed by atoms with E-state index in [1.165, 1.54) is 18.3 Å². The van der Waals surface area contributed by atoms with Crippen LogP contribution >= 0.6 is 11.6 Å². The molecule has 1 aliphatic rings. The molecule has 0 aliphatic carbocycles. The minimum atomic E-state index is -0.504. The topological polar surface area (TPSA) is 74.8 Å². The zero-order valence-corrected chi connectivity index (χ0v) is 15.5. The lowest BCUT2D eigenvalue weighted by atomic mass is 10.0. The number of carbonyl (C=O) groups is 1. The number of carbonyl (C=O) groups excluding carboxylic acids is 1. The highest BCUT2D eigenvalue weighted by molar-refractivity contribution is 6.33. The standard InChI is InChI=1S/C19H20ClFN4O2/c1-2-27-13-6-3-5-12(9-13)17-10-18(24-23-17)19(26)25-22-11-14-15(20)7-4-8-16(14)21/h3-9,11,17-18,23-24H,2,10H2,1H3,(H,25,26)/b22-11+. The van der Waals surface area contributed by atoms with Gasteiger partial charge in [0.1, 0.15) is 17.6 Å². The van der Waals surface area contributed by atoms with Crippen molar-refractivity contribution in [3.63, 3.8) is 0 Å². The van der Waals surface area contributed by atoms with Crippen molar-refractivity contribution in [2.24, 2.45) is 5.10 Å². The molecule has 1 heterocycles. The van der Waals surface area contributed by atoms with Crippen molar-refractivity contribution >= 4 is 23.7 Å². The Morgan fingerprint density at radius 1 is 1.37 bits per heavy atom. The number of rotatable bonds is 6. The molecule has 0 bridgehead atoms. The van der Waals surface area contributed by atoms with Crippen molar-refractivity contribution in [2.75, 3.05) is 6.61 Å². The number of ether oxygens (including phenoxy) is 1. The molecule has 1 amide bonds. The average Bonchev–Trinajstić information content (AvgIpc) is 3.15. The van der Waals surface area contributed by atoms with Gasteiger partial charge in [-0.05, 0) is 43.2 Å². The third-order valence-electron chi connectivity index (χ3n) is 4.16. The summed E-state index contributed by atoms with van der Waals surface area (Å²) in [4.78, 5) is 12.3. The van der Waals surface area contributed by atoms with Crippen molar-refractivity contribution in [1.82, 2.24) is 16.3 Å². The summed E-state index contributed by atoms with van der Waals surface area (Å²) >= 11 is 5.92. The van der Waals surface area contributed by atoms with E-state index in [1.807, 2.05) is 31.2 Å². The van der Waals surface area contributed by atoms with Crippen LogP contribution in [0.1, 0.15) is 30.5 Å². The van der Waals surface area contributed by atoms with Crippen LogP contribution in [0.5, 0.6) is 5.75 Å². The van der Waals surface area contributed by atoms with Gasteiger partial charge < -0.3 is 4.74 Å². The molecule has 142 valence electrons. The van der Waals surface area contributed by atoms with Crippen LogP contribution in [0.3, 0.4) is 0 Å². The maximum absolute atomic E-state index is 13.7. The molecule has 1 saturated heterocycles. The maximum atomic E-state index is 13.7. The molecule has 0 saturated carbocycles. The van der Waals surface area contributed by atoms with E-state index in [2.05, 4.69) is 21.4 Å². The SMILES string of the molecule is CCOc1cccc(C2CC(C(=O)N/N=C/c3c(F)cccc3Cl)NN2)c1. The van der Waals surface area contributed by atoms with E-state index in [9.17, 15) is 9.18 Å². The monoisotopic (exact) mass is 390 g/mol. The lowest BCUT2D eigenvalue weighted by Gasteiger charge is -2.11. The number of nitrogens with zero attached hydrogens (tertiary/aromatic N) is 1. The second-order valence-corrected chi connectivity index (χ2v) is 6.41. The first-order valence-corrected chi connectivity index (χ1v) is 8.97. The second-order valence-electron chi connectivity index (χ2n) is 6.00. The fourth-order valence-electron chi connectivity index (χ4n) is 2.81. The molecule has 8 heteroatoms. The summed E-state index contributed by atoms with van der Waals surface area (Å²) in [6.07, 6.45) is 1.73. The molecule has 2 unspecified atom stereocenters. The zero-order chi connectivity index (χ0) is 19.2. The summed E-state index contributed by atoms with van der Waals surface area (Å²) in [6, 6.07) is 11.5.